The molecule has 2 N–H and O–H groups in total. The molecule has 1 atom stereocenters. The molecule has 1 amide bonds. The van der Waals surface area contributed by atoms with E-state index in [2.05, 4.69) is 9.97 Å². The van der Waals surface area contributed by atoms with Crippen LogP contribution in [-0.2, 0) is 0 Å². The predicted octanol–water partition coefficient (Wildman–Crippen LogP) is 2.22. The van der Waals surface area contributed by atoms with Crippen LogP contribution in [0.1, 0.15) is 34.8 Å². The van der Waals surface area contributed by atoms with Crippen LogP contribution in [0.2, 0.25) is 0 Å². The summed E-state index contributed by atoms with van der Waals surface area (Å²) in [7, 11) is 4.92. The molecule has 24 heavy (non-hydrogen) atoms. The summed E-state index contributed by atoms with van der Waals surface area (Å²) in [6.45, 7) is 3.54. The highest BCUT2D eigenvalue weighted by Crippen LogP contribution is 2.31. The molecular formula is C17H22N4O3. The highest BCUT2D eigenvalue weighted by Gasteiger charge is 2.25. The lowest BCUT2D eigenvalue weighted by atomic mass is 10.1. The van der Waals surface area contributed by atoms with Crippen molar-refractivity contribution < 1.29 is 14.3 Å². The molecule has 0 aliphatic heterocycles. The van der Waals surface area contributed by atoms with Gasteiger partial charge in [-0.2, -0.15) is 0 Å². The minimum atomic E-state index is -0.510. The molecule has 1 aromatic heterocycles. The number of carbonyl (C=O) groups is 1. The average molecular weight is 330 g/mol. The van der Waals surface area contributed by atoms with Crippen molar-refractivity contribution in [3.05, 3.63) is 41.2 Å². The molecule has 128 valence electrons. The maximum absolute atomic E-state index is 12.5. The fourth-order valence-corrected chi connectivity index (χ4v) is 2.36. The van der Waals surface area contributed by atoms with Crippen LogP contribution in [0.5, 0.6) is 11.5 Å². The first-order valence-corrected chi connectivity index (χ1v) is 7.50. The van der Waals surface area contributed by atoms with E-state index in [4.69, 9.17) is 15.2 Å². The molecule has 1 aromatic carbocycles. The number of ether oxygens (including phenoxy) is 2. The van der Waals surface area contributed by atoms with Crippen LogP contribution < -0.4 is 15.2 Å². The summed E-state index contributed by atoms with van der Waals surface area (Å²) in [5.74, 6) is 1.07. The molecule has 2 aromatic rings. The van der Waals surface area contributed by atoms with Crippen molar-refractivity contribution >= 4 is 11.9 Å². The van der Waals surface area contributed by atoms with Gasteiger partial charge < -0.3 is 20.1 Å². The zero-order valence-electron chi connectivity index (χ0n) is 14.5. The number of nitrogen functional groups attached to an aromatic ring is 1. The van der Waals surface area contributed by atoms with Gasteiger partial charge in [-0.1, -0.05) is 12.1 Å². The number of aromatic nitrogens is 2. The Labute approximate surface area is 141 Å². The van der Waals surface area contributed by atoms with Crippen LogP contribution in [0.4, 0.5) is 5.95 Å². The maximum atomic E-state index is 12.5. The quantitative estimate of drug-likeness (QED) is 0.904. The smallest absolute Gasteiger partial charge is 0.257 e. The number of amides is 1. The van der Waals surface area contributed by atoms with Crippen molar-refractivity contribution in [3.8, 4) is 11.5 Å². The summed E-state index contributed by atoms with van der Waals surface area (Å²) in [6, 6.07) is 7.29. The van der Waals surface area contributed by atoms with Gasteiger partial charge in [-0.15, -0.1) is 0 Å². The second kappa shape index (κ2) is 7.16. The van der Waals surface area contributed by atoms with E-state index in [0.717, 1.165) is 0 Å². The number of carbonyl (C=O) groups excluding carboxylic acids is 1. The summed E-state index contributed by atoms with van der Waals surface area (Å²) in [4.78, 5) is 22.3. The first-order chi connectivity index (χ1) is 11.3. The van der Waals surface area contributed by atoms with Crippen LogP contribution in [0, 0.1) is 6.92 Å². The van der Waals surface area contributed by atoms with Crippen molar-refractivity contribution in [1.29, 1.82) is 0 Å². The monoisotopic (exact) mass is 330 g/mol. The van der Waals surface area contributed by atoms with E-state index >= 15 is 0 Å². The summed E-state index contributed by atoms with van der Waals surface area (Å²) < 4.78 is 11.2. The molecule has 0 spiro atoms. The first kappa shape index (κ1) is 17.5. The highest BCUT2D eigenvalue weighted by molar-refractivity contribution is 5.96. The van der Waals surface area contributed by atoms with Crippen molar-refractivity contribution in [2.24, 2.45) is 0 Å². The first-order valence-electron chi connectivity index (χ1n) is 7.50. The van der Waals surface area contributed by atoms with Gasteiger partial charge in [0.2, 0.25) is 5.95 Å². The van der Waals surface area contributed by atoms with E-state index in [0.29, 0.717) is 28.5 Å². The molecule has 0 saturated heterocycles. The van der Waals surface area contributed by atoms with Gasteiger partial charge in [-0.05, 0) is 26.0 Å². The van der Waals surface area contributed by atoms with Gasteiger partial charge in [-0.3, -0.25) is 4.79 Å². The topological polar surface area (TPSA) is 90.6 Å². The number of hydrogen-bond acceptors (Lipinski definition) is 6. The Kier molecular flexibility index (Phi) is 5.23. The van der Waals surface area contributed by atoms with E-state index in [1.165, 1.54) is 4.90 Å². The van der Waals surface area contributed by atoms with Crippen LogP contribution in [0.15, 0.2) is 24.3 Å². The standard InChI is InChI=1S/C17H22N4O3/c1-10-14(16(22)21(3)4)15(20-17(18)19-10)11(2)24-13-9-7-6-8-12(13)23-5/h6-9,11H,1-5H3,(H2,18,19,20). The molecule has 0 bridgehead atoms. The minimum absolute atomic E-state index is 0.105. The Morgan fingerprint density at radius 3 is 2.42 bits per heavy atom. The SMILES string of the molecule is COc1ccccc1OC(C)c1nc(N)nc(C)c1C(=O)N(C)C. The van der Waals surface area contributed by atoms with Gasteiger partial charge in [-0.25, -0.2) is 9.97 Å². The molecule has 0 radical (unpaired) electrons. The summed E-state index contributed by atoms with van der Waals surface area (Å²) in [5.41, 5.74) is 7.13. The lowest BCUT2D eigenvalue weighted by Gasteiger charge is -2.21. The normalized spacial score (nSPS) is 11.7. The number of aryl methyl sites for hydroxylation is 1. The lowest BCUT2D eigenvalue weighted by molar-refractivity contribution is 0.0820. The highest BCUT2D eigenvalue weighted by atomic mass is 16.5. The fourth-order valence-electron chi connectivity index (χ4n) is 2.36. The second-order valence-corrected chi connectivity index (χ2v) is 5.54. The molecule has 1 heterocycles. The van der Waals surface area contributed by atoms with Gasteiger partial charge in [0.05, 0.1) is 24.1 Å². The molecule has 0 fully saturated rings. The number of rotatable bonds is 5. The van der Waals surface area contributed by atoms with Crippen LogP contribution in [0.3, 0.4) is 0 Å². The summed E-state index contributed by atoms with van der Waals surface area (Å²) >= 11 is 0. The molecule has 1 unspecified atom stereocenters. The lowest BCUT2D eigenvalue weighted by Crippen LogP contribution is -2.27. The Morgan fingerprint density at radius 1 is 1.21 bits per heavy atom. The number of nitrogens with two attached hydrogens (primary N) is 1. The van der Waals surface area contributed by atoms with Crippen molar-refractivity contribution in [2.45, 2.75) is 20.0 Å². The third-order valence-corrected chi connectivity index (χ3v) is 3.51. The third-order valence-electron chi connectivity index (χ3n) is 3.51. The second-order valence-electron chi connectivity index (χ2n) is 5.54. The summed E-state index contributed by atoms with van der Waals surface area (Å²) in [5, 5.41) is 0. The molecule has 0 aliphatic carbocycles. The Bertz CT molecular complexity index is 747. The largest absolute Gasteiger partial charge is 0.493 e. The Hall–Kier alpha value is -2.83. The zero-order chi connectivity index (χ0) is 17.9. The molecule has 7 heteroatoms. The van der Waals surface area contributed by atoms with Crippen LogP contribution >= 0.6 is 0 Å². The van der Waals surface area contributed by atoms with E-state index in [1.54, 1.807) is 47.2 Å². The van der Waals surface area contributed by atoms with E-state index in [9.17, 15) is 4.79 Å². The number of para-hydroxylation sites is 2. The predicted molar refractivity (Wildman–Crippen MR) is 91.2 cm³/mol. The molecule has 0 aliphatic rings. The van der Waals surface area contributed by atoms with Crippen LogP contribution in [0.25, 0.3) is 0 Å². The Balaban J connectivity index is 2.45. The number of hydrogen-bond donors (Lipinski definition) is 1. The fraction of sp³-hybridized carbons (Fsp3) is 0.353. The van der Waals surface area contributed by atoms with Gasteiger partial charge in [0.1, 0.15) is 6.10 Å². The number of anilines is 1. The third kappa shape index (κ3) is 3.56. The van der Waals surface area contributed by atoms with Gasteiger partial charge in [0, 0.05) is 14.1 Å². The average Bonchev–Trinajstić information content (AvgIpc) is 2.53. The minimum Gasteiger partial charge on any atom is -0.493 e. The van der Waals surface area contributed by atoms with Crippen molar-refractivity contribution in [3.63, 3.8) is 0 Å². The molecule has 2 rings (SSSR count). The van der Waals surface area contributed by atoms with Gasteiger partial charge in [0.25, 0.3) is 5.91 Å². The van der Waals surface area contributed by atoms with Crippen molar-refractivity contribution in [1.82, 2.24) is 14.9 Å². The van der Waals surface area contributed by atoms with E-state index < -0.39 is 6.10 Å². The van der Waals surface area contributed by atoms with Crippen LogP contribution in [-0.4, -0.2) is 42.0 Å². The Morgan fingerprint density at radius 2 is 1.83 bits per heavy atom. The molecule has 0 saturated carbocycles. The number of benzene rings is 1. The van der Waals surface area contributed by atoms with E-state index in [1.807, 2.05) is 12.1 Å². The molecule has 7 nitrogen and oxygen atoms in total. The summed E-state index contributed by atoms with van der Waals surface area (Å²) in [6.07, 6.45) is -0.510. The molecular weight excluding hydrogens is 308 g/mol. The van der Waals surface area contributed by atoms with Gasteiger partial charge in [0.15, 0.2) is 11.5 Å². The van der Waals surface area contributed by atoms with Gasteiger partial charge >= 0.3 is 0 Å². The number of methoxy groups -OCH3 is 1. The zero-order valence-corrected chi connectivity index (χ0v) is 14.5. The van der Waals surface area contributed by atoms with Crippen molar-refractivity contribution in [2.75, 3.05) is 26.9 Å². The number of nitrogens with zero attached hydrogens (tertiary/aromatic N) is 3. The maximum Gasteiger partial charge on any atom is 0.257 e. The van der Waals surface area contributed by atoms with E-state index in [-0.39, 0.29) is 11.9 Å².